The molecule has 17 heavy (non-hydrogen) atoms. The van der Waals surface area contributed by atoms with Crippen molar-refractivity contribution in [2.24, 2.45) is 5.92 Å². The summed E-state index contributed by atoms with van der Waals surface area (Å²) in [4.78, 5) is 4.21. The standard InChI is InChI=1S/C12H18BrNO2S/c1-17-5-4-11(10(7-15)8-16)9-2-3-12(13)14-6-9/h2-3,6,10-11,15-16H,4-5,7-8H2,1H3. The highest BCUT2D eigenvalue weighted by Crippen LogP contribution is 2.29. The Labute approximate surface area is 115 Å². The van der Waals surface area contributed by atoms with Crippen molar-refractivity contribution in [2.45, 2.75) is 12.3 Å². The minimum atomic E-state index is -0.106. The van der Waals surface area contributed by atoms with Gasteiger partial charge in [0.15, 0.2) is 0 Å². The van der Waals surface area contributed by atoms with Crippen LogP contribution in [-0.4, -0.2) is 40.4 Å². The summed E-state index contributed by atoms with van der Waals surface area (Å²) in [6.07, 6.45) is 4.81. The third-order valence-electron chi connectivity index (χ3n) is 2.85. The van der Waals surface area contributed by atoms with Crippen LogP contribution in [0.15, 0.2) is 22.9 Å². The molecular formula is C12H18BrNO2S. The predicted octanol–water partition coefficient (Wildman–Crippen LogP) is 2.28. The average Bonchev–Trinajstić information content (AvgIpc) is 2.36. The number of pyridine rings is 1. The molecule has 0 saturated heterocycles. The van der Waals surface area contributed by atoms with Gasteiger partial charge in [-0.2, -0.15) is 11.8 Å². The Balaban J connectivity index is 2.84. The summed E-state index contributed by atoms with van der Waals surface area (Å²) in [6.45, 7) is 0.0111. The van der Waals surface area contributed by atoms with E-state index in [0.29, 0.717) is 0 Å². The highest BCUT2D eigenvalue weighted by molar-refractivity contribution is 9.10. The Morgan fingerprint density at radius 3 is 2.53 bits per heavy atom. The van der Waals surface area contributed by atoms with Gasteiger partial charge < -0.3 is 10.2 Å². The molecule has 0 saturated carbocycles. The first-order valence-electron chi connectivity index (χ1n) is 5.55. The molecule has 1 aromatic rings. The topological polar surface area (TPSA) is 53.4 Å². The highest BCUT2D eigenvalue weighted by Gasteiger charge is 2.22. The molecule has 0 radical (unpaired) electrons. The van der Waals surface area contributed by atoms with Gasteiger partial charge in [0, 0.05) is 25.3 Å². The molecular weight excluding hydrogens is 302 g/mol. The Hall–Kier alpha value is -0.100. The molecule has 1 atom stereocenters. The lowest BCUT2D eigenvalue weighted by molar-refractivity contribution is 0.129. The van der Waals surface area contributed by atoms with Crippen molar-refractivity contribution in [3.8, 4) is 0 Å². The number of halogens is 1. The number of rotatable bonds is 7. The number of aromatic nitrogens is 1. The van der Waals surface area contributed by atoms with Crippen molar-refractivity contribution < 1.29 is 10.2 Å². The summed E-state index contributed by atoms with van der Waals surface area (Å²) in [5.74, 6) is 1.07. The molecule has 0 bridgehead atoms. The molecule has 3 nitrogen and oxygen atoms in total. The van der Waals surface area contributed by atoms with Crippen LogP contribution in [0.5, 0.6) is 0 Å². The van der Waals surface area contributed by atoms with Crippen molar-refractivity contribution in [2.75, 3.05) is 25.2 Å². The molecule has 2 N–H and O–H groups in total. The van der Waals surface area contributed by atoms with Gasteiger partial charge in [-0.1, -0.05) is 6.07 Å². The van der Waals surface area contributed by atoms with Gasteiger partial charge in [-0.15, -0.1) is 0 Å². The largest absolute Gasteiger partial charge is 0.396 e. The molecule has 0 aliphatic heterocycles. The van der Waals surface area contributed by atoms with Gasteiger partial charge in [-0.05, 0) is 51.9 Å². The molecule has 0 aliphatic carbocycles. The first kappa shape index (κ1) is 15.0. The average molecular weight is 320 g/mol. The van der Waals surface area contributed by atoms with Crippen molar-refractivity contribution in [1.82, 2.24) is 4.98 Å². The Morgan fingerprint density at radius 2 is 2.06 bits per heavy atom. The van der Waals surface area contributed by atoms with Crippen molar-refractivity contribution >= 4 is 27.7 Å². The Morgan fingerprint density at radius 1 is 1.35 bits per heavy atom. The Kier molecular flexibility index (Phi) is 7.11. The lowest BCUT2D eigenvalue weighted by Crippen LogP contribution is -2.21. The smallest absolute Gasteiger partial charge is 0.106 e. The van der Waals surface area contributed by atoms with E-state index in [-0.39, 0.29) is 25.0 Å². The van der Waals surface area contributed by atoms with Crippen LogP contribution in [0, 0.1) is 5.92 Å². The number of nitrogens with zero attached hydrogens (tertiary/aromatic N) is 1. The second-order valence-electron chi connectivity index (χ2n) is 3.93. The van der Waals surface area contributed by atoms with Crippen LogP contribution < -0.4 is 0 Å². The quantitative estimate of drug-likeness (QED) is 0.757. The molecule has 1 rings (SSSR count). The molecule has 5 heteroatoms. The molecule has 0 fully saturated rings. The summed E-state index contributed by atoms with van der Waals surface area (Å²) in [5, 5.41) is 18.6. The maximum Gasteiger partial charge on any atom is 0.106 e. The molecule has 1 aromatic heterocycles. The normalized spacial score (nSPS) is 13.0. The van der Waals surface area contributed by atoms with Crippen molar-refractivity contribution in [3.63, 3.8) is 0 Å². The van der Waals surface area contributed by atoms with Gasteiger partial charge in [0.2, 0.25) is 0 Å². The number of hydrogen-bond donors (Lipinski definition) is 2. The zero-order chi connectivity index (χ0) is 12.7. The van der Waals surface area contributed by atoms with E-state index in [1.807, 2.05) is 18.3 Å². The minimum absolute atomic E-state index is 0.00557. The van der Waals surface area contributed by atoms with Crippen LogP contribution in [0.25, 0.3) is 0 Å². The van der Waals surface area contributed by atoms with E-state index < -0.39 is 0 Å². The van der Waals surface area contributed by atoms with Crippen LogP contribution in [0.2, 0.25) is 0 Å². The summed E-state index contributed by atoms with van der Waals surface area (Å²) >= 11 is 5.08. The maximum atomic E-state index is 9.32. The van der Waals surface area contributed by atoms with Crippen LogP contribution >= 0.6 is 27.7 Å². The van der Waals surface area contributed by atoms with E-state index in [1.54, 1.807) is 11.8 Å². The number of aliphatic hydroxyl groups is 2. The van der Waals surface area contributed by atoms with Crippen molar-refractivity contribution in [1.29, 1.82) is 0 Å². The van der Waals surface area contributed by atoms with Gasteiger partial charge in [-0.3, -0.25) is 0 Å². The molecule has 0 aliphatic rings. The van der Waals surface area contributed by atoms with Gasteiger partial charge >= 0.3 is 0 Å². The number of thioether (sulfide) groups is 1. The predicted molar refractivity (Wildman–Crippen MR) is 75.3 cm³/mol. The fourth-order valence-corrected chi connectivity index (χ4v) is 2.56. The minimum Gasteiger partial charge on any atom is -0.396 e. The summed E-state index contributed by atoms with van der Waals surface area (Å²) in [7, 11) is 0. The molecule has 0 spiro atoms. The van der Waals surface area contributed by atoms with E-state index in [2.05, 4.69) is 27.2 Å². The lowest BCUT2D eigenvalue weighted by atomic mass is 9.86. The highest BCUT2D eigenvalue weighted by atomic mass is 79.9. The summed E-state index contributed by atoms with van der Waals surface area (Å²) < 4.78 is 0.800. The Bertz CT molecular complexity index is 317. The first-order chi connectivity index (χ1) is 8.22. The number of hydrogen-bond acceptors (Lipinski definition) is 4. The van der Waals surface area contributed by atoms with E-state index in [4.69, 9.17) is 0 Å². The van der Waals surface area contributed by atoms with Crippen LogP contribution in [0.1, 0.15) is 17.9 Å². The fourth-order valence-electron chi connectivity index (χ4n) is 1.84. The van der Waals surface area contributed by atoms with Gasteiger partial charge in [0.25, 0.3) is 0 Å². The van der Waals surface area contributed by atoms with E-state index in [1.165, 1.54) is 0 Å². The number of aliphatic hydroxyl groups excluding tert-OH is 2. The third-order valence-corrected chi connectivity index (χ3v) is 3.96. The monoisotopic (exact) mass is 319 g/mol. The van der Waals surface area contributed by atoms with Crippen LogP contribution in [-0.2, 0) is 0 Å². The zero-order valence-corrected chi connectivity index (χ0v) is 12.2. The SMILES string of the molecule is CSCCC(c1ccc(Br)nc1)C(CO)CO. The van der Waals surface area contributed by atoms with E-state index >= 15 is 0 Å². The van der Waals surface area contributed by atoms with Crippen LogP contribution in [0.4, 0.5) is 0 Å². The van der Waals surface area contributed by atoms with Crippen LogP contribution in [0.3, 0.4) is 0 Å². The molecule has 0 aromatic carbocycles. The molecule has 1 heterocycles. The first-order valence-corrected chi connectivity index (χ1v) is 7.73. The van der Waals surface area contributed by atoms with Gasteiger partial charge in [0.05, 0.1) is 0 Å². The second kappa shape index (κ2) is 8.08. The van der Waals surface area contributed by atoms with E-state index in [9.17, 15) is 10.2 Å². The van der Waals surface area contributed by atoms with Gasteiger partial charge in [0.1, 0.15) is 4.60 Å². The van der Waals surface area contributed by atoms with E-state index in [0.717, 1.165) is 22.3 Å². The second-order valence-corrected chi connectivity index (χ2v) is 5.73. The molecule has 96 valence electrons. The zero-order valence-electron chi connectivity index (χ0n) is 9.84. The van der Waals surface area contributed by atoms with Gasteiger partial charge in [-0.25, -0.2) is 4.98 Å². The van der Waals surface area contributed by atoms with Crippen molar-refractivity contribution in [3.05, 3.63) is 28.5 Å². The molecule has 0 amide bonds. The summed E-state index contributed by atoms with van der Waals surface area (Å²) in [6, 6.07) is 3.90. The fraction of sp³-hybridized carbons (Fsp3) is 0.583. The summed E-state index contributed by atoms with van der Waals surface area (Å²) in [5.41, 5.74) is 1.08. The molecule has 1 unspecified atom stereocenters. The maximum absolute atomic E-state index is 9.32. The third kappa shape index (κ3) is 4.58. The lowest BCUT2D eigenvalue weighted by Gasteiger charge is -2.24.